The smallest absolute Gasteiger partial charge is 0.137 e. The van der Waals surface area contributed by atoms with E-state index in [1.807, 2.05) is 24.3 Å². The summed E-state index contributed by atoms with van der Waals surface area (Å²) < 4.78 is 6.05. The minimum atomic E-state index is 0.0491. The molecule has 0 radical (unpaired) electrons. The highest BCUT2D eigenvalue weighted by Crippen LogP contribution is 2.29. The van der Waals surface area contributed by atoms with E-state index in [0.717, 1.165) is 21.5 Å². The van der Waals surface area contributed by atoms with E-state index in [2.05, 4.69) is 25.9 Å². The zero-order chi connectivity index (χ0) is 13.8. The second-order valence-electron chi connectivity index (χ2n) is 4.09. The second-order valence-corrected chi connectivity index (χ2v) is 4.94. The van der Waals surface area contributed by atoms with E-state index in [4.69, 9.17) is 4.74 Å². The molecule has 0 amide bonds. The summed E-state index contributed by atoms with van der Waals surface area (Å²) in [6.45, 7) is 1.53. The lowest BCUT2D eigenvalue weighted by atomic mass is 10.1. The molecule has 5 heteroatoms. The summed E-state index contributed by atoms with van der Waals surface area (Å²) in [6, 6.07) is 7.53. The monoisotopic (exact) mass is 320 g/mol. The normalized spacial score (nSPS) is 10.3. The molecular weight excluding hydrogens is 308 g/mol. The van der Waals surface area contributed by atoms with Gasteiger partial charge in [0, 0.05) is 11.8 Å². The molecule has 1 heterocycles. The van der Waals surface area contributed by atoms with Crippen LogP contribution >= 0.6 is 15.9 Å². The van der Waals surface area contributed by atoms with Crippen molar-refractivity contribution in [1.29, 1.82) is 0 Å². The molecule has 0 aliphatic carbocycles. The maximum atomic E-state index is 11.1. The molecule has 0 atom stereocenters. The zero-order valence-corrected chi connectivity index (χ0v) is 12.3. The quantitative estimate of drug-likeness (QED) is 0.868. The Morgan fingerprint density at radius 1 is 1.37 bits per heavy atom. The topological polar surface area (TPSA) is 52.1 Å². The maximum absolute atomic E-state index is 11.1. The number of ether oxygens (including phenoxy) is 1. The lowest BCUT2D eigenvalue weighted by Crippen LogP contribution is -2.02. The van der Waals surface area contributed by atoms with Crippen LogP contribution in [-0.4, -0.2) is 22.9 Å². The Morgan fingerprint density at radius 2 is 2.16 bits per heavy atom. The van der Waals surface area contributed by atoms with E-state index in [0.29, 0.717) is 5.82 Å². The molecule has 2 aromatic rings. The number of hydrogen-bond donors (Lipinski definition) is 0. The lowest BCUT2D eigenvalue weighted by Gasteiger charge is -2.06. The molecule has 0 aliphatic rings. The fourth-order valence-corrected chi connectivity index (χ4v) is 2.23. The molecule has 0 unspecified atom stereocenters. The van der Waals surface area contributed by atoms with Gasteiger partial charge in [-0.05, 0) is 47.1 Å². The van der Waals surface area contributed by atoms with Gasteiger partial charge >= 0.3 is 0 Å². The molecule has 0 saturated carbocycles. The van der Waals surface area contributed by atoms with Crippen molar-refractivity contribution in [2.24, 2.45) is 0 Å². The van der Waals surface area contributed by atoms with Gasteiger partial charge in [-0.25, -0.2) is 9.97 Å². The van der Waals surface area contributed by atoms with Crippen molar-refractivity contribution < 1.29 is 9.53 Å². The Labute approximate surface area is 120 Å². The highest BCUT2D eigenvalue weighted by Gasteiger charge is 2.07. The summed E-state index contributed by atoms with van der Waals surface area (Å²) >= 11 is 3.44. The predicted molar refractivity (Wildman–Crippen MR) is 76.1 cm³/mol. The highest BCUT2D eigenvalue weighted by atomic mass is 79.9. The number of benzene rings is 1. The molecule has 0 fully saturated rings. The number of carbonyl (C=O) groups is 1. The lowest BCUT2D eigenvalue weighted by molar-refractivity contribution is -0.116. The number of aromatic nitrogens is 2. The highest BCUT2D eigenvalue weighted by molar-refractivity contribution is 9.10. The number of halogens is 1. The molecule has 1 aromatic heterocycles. The summed E-state index contributed by atoms with van der Waals surface area (Å²) in [7, 11) is 1.62. The van der Waals surface area contributed by atoms with Crippen LogP contribution in [0.2, 0.25) is 0 Å². The number of methoxy groups -OCH3 is 1. The first-order valence-corrected chi connectivity index (χ1v) is 6.54. The van der Waals surface area contributed by atoms with Crippen LogP contribution < -0.4 is 4.74 Å². The number of nitrogens with zero attached hydrogens (tertiary/aromatic N) is 2. The SMILES string of the molecule is COc1ccc(-c2ccnc(CC(C)=O)n2)cc1Br. The third kappa shape index (κ3) is 3.38. The fraction of sp³-hybridized carbons (Fsp3) is 0.214. The van der Waals surface area contributed by atoms with E-state index in [9.17, 15) is 4.79 Å². The number of rotatable bonds is 4. The number of Topliss-reactive ketones (excluding diaryl/α,β-unsaturated/α-hetero) is 1. The van der Waals surface area contributed by atoms with Crippen LogP contribution in [0, 0.1) is 0 Å². The minimum Gasteiger partial charge on any atom is -0.496 e. The molecule has 2 rings (SSSR count). The van der Waals surface area contributed by atoms with Crippen LogP contribution in [0.25, 0.3) is 11.3 Å². The van der Waals surface area contributed by atoms with E-state index < -0.39 is 0 Å². The molecular formula is C14H13BrN2O2. The van der Waals surface area contributed by atoms with Crippen molar-refractivity contribution in [3.05, 3.63) is 40.8 Å². The summed E-state index contributed by atoms with van der Waals surface area (Å²) in [5, 5.41) is 0. The Kier molecular flexibility index (Phi) is 4.27. The van der Waals surface area contributed by atoms with Crippen molar-refractivity contribution >= 4 is 21.7 Å². The van der Waals surface area contributed by atoms with Crippen molar-refractivity contribution in [3.63, 3.8) is 0 Å². The van der Waals surface area contributed by atoms with E-state index in [1.165, 1.54) is 6.92 Å². The van der Waals surface area contributed by atoms with Gasteiger partial charge in [0.25, 0.3) is 0 Å². The molecule has 4 nitrogen and oxygen atoms in total. The summed E-state index contributed by atoms with van der Waals surface area (Å²) in [5.41, 5.74) is 1.73. The Bertz CT molecular complexity index is 614. The van der Waals surface area contributed by atoms with Gasteiger partial charge < -0.3 is 4.74 Å². The second kappa shape index (κ2) is 5.93. The van der Waals surface area contributed by atoms with Crippen LogP contribution in [0.15, 0.2) is 34.9 Å². The van der Waals surface area contributed by atoms with Crippen molar-refractivity contribution in [2.45, 2.75) is 13.3 Å². The molecule has 0 N–H and O–H groups in total. The maximum Gasteiger partial charge on any atom is 0.137 e. The molecule has 0 aliphatic heterocycles. The van der Waals surface area contributed by atoms with Crippen LogP contribution in [0.5, 0.6) is 5.75 Å². The zero-order valence-electron chi connectivity index (χ0n) is 10.7. The molecule has 0 spiro atoms. The van der Waals surface area contributed by atoms with Crippen LogP contribution in [0.3, 0.4) is 0 Å². The average molecular weight is 321 g/mol. The summed E-state index contributed by atoms with van der Waals surface area (Å²) in [6.07, 6.45) is 1.92. The Balaban J connectivity index is 2.36. The largest absolute Gasteiger partial charge is 0.496 e. The van der Waals surface area contributed by atoms with E-state index in [-0.39, 0.29) is 12.2 Å². The summed E-state index contributed by atoms with van der Waals surface area (Å²) in [5.74, 6) is 1.35. The van der Waals surface area contributed by atoms with Crippen LogP contribution in [0.1, 0.15) is 12.7 Å². The third-order valence-electron chi connectivity index (χ3n) is 2.56. The number of hydrogen-bond acceptors (Lipinski definition) is 4. The van der Waals surface area contributed by atoms with Gasteiger partial charge in [-0.1, -0.05) is 0 Å². The van der Waals surface area contributed by atoms with E-state index >= 15 is 0 Å². The Morgan fingerprint density at radius 3 is 2.79 bits per heavy atom. The first kappa shape index (κ1) is 13.7. The molecule has 98 valence electrons. The predicted octanol–water partition coefficient (Wildman–Crippen LogP) is 3.05. The van der Waals surface area contributed by atoms with Crippen LogP contribution in [-0.2, 0) is 11.2 Å². The molecule has 1 aromatic carbocycles. The van der Waals surface area contributed by atoms with Gasteiger partial charge in [0.2, 0.25) is 0 Å². The van der Waals surface area contributed by atoms with Crippen molar-refractivity contribution in [3.8, 4) is 17.0 Å². The average Bonchev–Trinajstić information content (AvgIpc) is 2.38. The van der Waals surface area contributed by atoms with Gasteiger partial charge in [0.05, 0.1) is 23.7 Å². The number of ketones is 1. The standard InChI is InChI=1S/C14H13BrN2O2/c1-9(18)7-14-16-6-5-12(17-14)10-3-4-13(19-2)11(15)8-10/h3-6,8H,7H2,1-2H3. The van der Waals surface area contributed by atoms with Crippen molar-refractivity contribution in [2.75, 3.05) is 7.11 Å². The molecule has 0 bridgehead atoms. The number of carbonyl (C=O) groups excluding carboxylic acids is 1. The minimum absolute atomic E-state index is 0.0491. The van der Waals surface area contributed by atoms with Gasteiger partial charge in [-0.2, -0.15) is 0 Å². The van der Waals surface area contributed by atoms with Gasteiger partial charge in [0.15, 0.2) is 0 Å². The first-order chi connectivity index (χ1) is 9.10. The van der Waals surface area contributed by atoms with Gasteiger partial charge in [-0.3, -0.25) is 4.79 Å². The van der Waals surface area contributed by atoms with Crippen LogP contribution in [0.4, 0.5) is 0 Å². The van der Waals surface area contributed by atoms with Crippen molar-refractivity contribution in [1.82, 2.24) is 9.97 Å². The molecule has 0 saturated heterocycles. The molecule has 19 heavy (non-hydrogen) atoms. The summed E-state index contributed by atoms with van der Waals surface area (Å²) in [4.78, 5) is 19.6. The Hall–Kier alpha value is -1.75. The van der Waals surface area contributed by atoms with Gasteiger partial charge in [-0.15, -0.1) is 0 Å². The first-order valence-electron chi connectivity index (χ1n) is 5.75. The third-order valence-corrected chi connectivity index (χ3v) is 3.18. The fourth-order valence-electron chi connectivity index (χ4n) is 1.69. The van der Waals surface area contributed by atoms with E-state index in [1.54, 1.807) is 13.3 Å². The van der Waals surface area contributed by atoms with Gasteiger partial charge in [0.1, 0.15) is 17.4 Å².